The summed E-state index contributed by atoms with van der Waals surface area (Å²) < 4.78 is 1.83. The van der Waals surface area contributed by atoms with Crippen molar-refractivity contribution in [1.29, 1.82) is 0 Å². The molecule has 2 rings (SSSR count). The standard InChI is InChI=1S/C14H19N5O/c1-16-14(20)12-4-3-10(15)9-13(12)17-7-5-11-6-8-18-19(11)2/h3-4,6,8-9,17H,5,7,15H2,1-2H3,(H,16,20). The number of aryl methyl sites for hydroxylation is 1. The molecule has 1 amide bonds. The summed E-state index contributed by atoms with van der Waals surface area (Å²) in [4.78, 5) is 11.8. The zero-order valence-electron chi connectivity index (χ0n) is 11.7. The van der Waals surface area contributed by atoms with Gasteiger partial charge in [-0.2, -0.15) is 5.10 Å². The van der Waals surface area contributed by atoms with Crippen molar-refractivity contribution < 1.29 is 4.79 Å². The number of amides is 1. The highest BCUT2D eigenvalue weighted by Crippen LogP contribution is 2.19. The summed E-state index contributed by atoms with van der Waals surface area (Å²) in [6, 6.07) is 7.19. The predicted octanol–water partition coefficient (Wildman–Crippen LogP) is 1.02. The summed E-state index contributed by atoms with van der Waals surface area (Å²) in [6.45, 7) is 0.701. The van der Waals surface area contributed by atoms with Crippen LogP contribution >= 0.6 is 0 Å². The van der Waals surface area contributed by atoms with Crippen molar-refractivity contribution in [2.75, 3.05) is 24.6 Å². The van der Waals surface area contributed by atoms with Crippen LogP contribution in [0.2, 0.25) is 0 Å². The maximum Gasteiger partial charge on any atom is 0.253 e. The third-order valence-electron chi connectivity index (χ3n) is 3.13. The Morgan fingerprint density at radius 1 is 1.40 bits per heavy atom. The first-order valence-electron chi connectivity index (χ1n) is 6.44. The second kappa shape index (κ2) is 6.10. The van der Waals surface area contributed by atoms with E-state index >= 15 is 0 Å². The molecule has 0 bridgehead atoms. The van der Waals surface area contributed by atoms with E-state index in [2.05, 4.69) is 15.7 Å². The minimum absolute atomic E-state index is 0.131. The number of hydrogen-bond acceptors (Lipinski definition) is 4. The lowest BCUT2D eigenvalue weighted by molar-refractivity contribution is 0.0964. The molecule has 1 heterocycles. The molecule has 0 saturated heterocycles. The van der Waals surface area contributed by atoms with Crippen molar-refractivity contribution in [2.45, 2.75) is 6.42 Å². The number of hydrogen-bond donors (Lipinski definition) is 3. The molecule has 0 atom stereocenters. The van der Waals surface area contributed by atoms with E-state index in [9.17, 15) is 4.79 Å². The van der Waals surface area contributed by atoms with Crippen LogP contribution in [-0.2, 0) is 13.5 Å². The van der Waals surface area contributed by atoms with Crippen LogP contribution in [0.25, 0.3) is 0 Å². The Labute approximate surface area is 118 Å². The van der Waals surface area contributed by atoms with Crippen LogP contribution in [0.4, 0.5) is 11.4 Å². The average Bonchev–Trinajstić information content (AvgIpc) is 2.84. The van der Waals surface area contributed by atoms with Gasteiger partial charge in [0.1, 0.15) is 0 Å². The Bertz CT molecular complexity index is 605. The molecular formula is C14H19N5O. The normalized spacial score (nSPS) is 10.3. The van der Waals surface area contributed by atoms with Gasteiger partial charge in [-0.15, -0.1) is 0 Å². The number of aromatic nitrogens is 2. The minimum atomic E-state index is -0.131. The third kappa shape index (κ3) is 3.09. The first-order chi connectivity index (χ1) is 9.61. The maximum absolute atomic E-state index is 11.8. The van der Waals surface area contributed by atoms with Crippen LogP contribution < -0.4 is 16.4 Å². The number of carbonyl (C=O) groups is 1. The molecule has 0 aliphatic heterocycles. The fraction of sp³-hybridized carbons (Fsp3) is 0.286. The SMILES string of the molecule is CNC(=O)c1ccc(N)cc1NCCc1ccnn1C. The van der Waals surface area contributed by atoms with Crippen LogP contribution in [0.15, 0.2) is 30.5 Å². The summed E-state index contributed by atoms with van der Waals surface area (Å²) in [7, 11) is 3.52. The molecule has 0 radical (unpaired) electrons. The van der Waals surface area contributed by atoms with E-state index in [1.54, 1.807) is 31.4 Å². The van der Waals surface area contributed by atoms with Crippen molar-refractivity contribution in [1.82, 2.24) is 15.1 Å². The Morgan fingerprint density at radius 3 is 2.85 bits per heavy atom. The first-order valence-corrected chi connectivity index (χ1v) is 6.44. The average molecular weight is 273 g/mol. The topological polar surface area (TPSA) is 85.0 Å². The van der Waals surface area contributed by atoms with Gasteiger partial charge in [-0.05, 0) is 24.3 Å². The van der Waals surface area contributed by atoms with Gasteiger partial charge in [-0.25, -0.2) is 0 Å². The van der Waals surface area contributed by atoms with Gasteiger partial charge in [0.25, 0.3) is 5.91 Å². The number of anilines is 2. The molecule has 0 saturated carbocycles. The molecule has 6 nitrogen and oxygen atoms in total. The van der Waals surface area contributed by atoms with Crippen LogP contribution in [0.3, 0.4) is 0 Å². The summed E-state index contributed by atoms with van der Waals surface area (Å²) in [6.07, 6.45) is 2.59. The molecular weight excluding hydrogens is 254 g/mol. The van der Waals surface area contributed by atoms with Crippen molar-refractivity contribution in [3.63, 3.8) is 0 Å². The van der Waals surface area contributed by atoms with Gasteiger partial charge in [-0.1, -0.05) is 0 Å². The highest BCUT2D eigenvalue weighted by atomic mass is 16.1. The number of benzene rings is 1. The summed E-state index contributed by atoms with van der Waals surface area (Å²) in [5.41, 5.74) is 8.86. The van der Waals surface area contributed by atoms with E-state index < -0.39 is 0 Å². The Morgan fingerprint density at radius 2 is 2.20 bits per heavy atom. The number of rotatable bonds is 5. The van der Waals surface area contributed by atoms with E-state index in [0.29, 0.717) is 17.8 Å². The third-order valence-corrected chi connectivity index (χ3v) is 3.13. The lowest BCUT2D eigenvalue weighted by Gasteiger charge is -2.12. The second-order valence-corrected chi connectivity index (χ2v) is 4.51. The van der Waals surface area contributed by atoms with Crippen LogP contribution in [0, 0.1) is 0 Å². The van der Waals surface area contributed by atoms with Gasteiger partial charge in [0.2, 0.25) is 0 Å². The van der Waals surface area contributed by atoms with E-state index in [0.717, 1.165) is 17.8 Å². The smallest absolute Gasteiger partial charge is 0.253 e. The monoisotopic (exact) mass is 273 g/mol. The largest absolute Gasteiger partial charge is 0.399 e. The predicted molar refractivity (Wildman–Crippen MR) is 79.6 cm³/mol. The molecule has 2 aromatic rings. The molecule has 106 valence electrons. The zero-order chi connectivity index (χ0) is 14.5. The van der Waals surface area contributed by atoms with Crippen molar-refractivity contribution >= 4 is 17.3 Å². The molecule has 4 N–H and O–H groups in total. The first kappa shape index (κ1) is 13.9. The van der Waals surface area contributed by atoms with Crippen LogP contribution in [-0.4, -0.2) is 29.3 Å². The van der Waals surface area contributed by atoms with E-state index in [1.165, 1.54) is 0 Å². The van der Waals surface area contributed by atoms with Crippen LogP contribution in [0.1, 0.15) is 16.1 Å². The van der Waals surface area contributed by atoms with Gasteiger partial charge < -0.3 is 16.4 Å². The minimum Gasteiger partial charge on any atom is -0.399 e. The number of carbonyl (C=O) groups excluding carboxylic acids is 1. The highest BCUT2D eigenvalue weighted by molar-refractivity contribution is 6.00. The number of nitrogens with two attached hydrogens (primary N) is 1. The van der Waals surface area contributed by atoms with Gasteiger partial charge >= 0.3 is 0 Å². The van der Waals surface area contributed by atoms with Crippen molar-refractivity contribution in [3.8, 4) is 0 Å². The molecule has 20 heavy (non-hydrogen) atoms. The second-order valence-electron chi connectivity index (χ2n) is 4.51. The Balaban J connectivity index is 2.06. The van der Waals surface area contributed by atoms with Gasteiger partial charge in [0.05, 0.1) is 5.56 Å². The quantitative estimate of drug-likeness (QED) is 0.710. The van der Waals surface area contributed by atoms with Gasteiger partial charge in [0.15, 0.2) is 0 Å². The summed E-state index contributed by atoms with van der Waals surface area (Å²) in [5, 5.41) is 9.99. The van der Waals surface area contributed by atoms with Gasteiger partial charge in [-0.3, -0.25) is 9.48 Å². The molecule has 0 fully saturated rings. The molecule has 1 aromatic carbocycles. The van der Waals surface area contributed by atoms with Crippen molar-refractivity contribution in [2.24, 2.45) is 7.05 Å². The van der Waals surface area contributed by atoms with Gasteiger partial charge in [0, 0.05) is 50.3 Å². The molecule has 0 unspecified atom stereocenters. The lowest BCUT2D eigenvalue weighted by Crippen LogP contribution is -2.20. The number of nitrogens with zero attached hydrogens (tertiary/aromatic N) is 2. The van der Waals surface area contributed by atoms with Crippen LogP contribution in [0.5, 0.6) is 0 Å². The summed E-state index contributed by atoms with van der Waals surface area (Å²) in [5.74, 6) is -0.131. The molecule has 0 aliphatic carbocycles. The molecule has 0 aliphatic rings. The fourth-order valence-corrected chi connectivity index (χ4v) is 2.01. The lowest BCUT2D eigenvalue weighted by atomic mass is 10.1. The molecule has 6 heteroatoms. The zero-order valence-corrected chi connectivity index (χ0v) is 11.7. The highest BCUT2D eigenvalue weighted by Gasteiger charge is 2.10. The molecule has 0 spiro atoms. The number of nitrogen functional groups attached to an aromatic ring is 1. The Kier molecular flexibility index (Phi) is 4.24. The summed E-state index contributed by atoms with van der Waals surface area (Å²) >= 11 is 0. The van der Waals surface area contributed by atoms with E-state index in [4.69, 9.17) is 5.73 Å². The maximum atomic E-state index is 11.8. The van der Waals surface area contributed by atoms with E-state index in [-0.39, 0.29) is 5.91 Å². The fourth-order valence-electron chi connectivity index (χ4n) is 2.01. The molecule has 1 aromatic heterocycles. The van der Waals surface area contributed by atoms with Crippen molar-refractivity contribution in [3.05, 3.63) is 41.7 Å². The van der Waals surface area contributed by atoms with E-state index in [1.807, 2.05) is 17.8 Å². The Hall–Kier alpha value is -2.50. The number of nitrogens with one attached hydrogen (secondary N) is 2.